The quantitative estimate of drug-likeness (QED) is 0.789. The van der Waals surface area contributed by atoms with Gasteiger partial charge < -0.3 is 4.74 Å². The number of halogens is 2. The third kappa shape index (κ3) is 3.31. The van der Waals surface area contributed by atoms with Crippen LogP contribution in [0.15, 0.2) is 18.2 Å². The number of rotatable bonds is 4. The first-order valence-corrected chi connectivity index (χ1v) is 4.50. The summed E-state index contributed by atoms with van der Waals surface area (Å²) in [7, 11) is 0. The first-order chi connectivity index (χ1) is 7.52. The second-order valence-corrected chi connectivity index (χ2v) is 3.19. The smallest absolute Gasteiger partial charge is 0.387 e. The van der Waals surface area contributed by atoms with Crippen LogP contribution in [-0.2, 0) is 11.2 Å². The summed E-state index contributed by atoms with van der Waals surface area (Å²) in [5, 5.41) is 8.65. The lowest BCUT2D eigenvalue weighted by atomic mass is 10.1. The molecule has 0 aromatic heterocycles. The third-order valence-corrected chi connectivity index (χ3v) is 1.85. The number of hydrogen-bond acceptors (Lipinski definition) is 3. The number of benzene rings is 1. The summed E-state index contributed by atoms with van der Waals surface area (Å²) in [4.78, 5) is 10.9. The van der Waals surface area contributed by atoms with Crippen molar-refractivity contribution in [3.8, 4) is 11.8 Å². The number of carbonyl (C=O) groups is 1. The standard InChI is InChI=1S/C11H9F2NO2/c1-7(15)4-9-5-8(6-14)2-3-10(9)16-11(12)13/h2-3,5,11H,4H2,1H3. The highest BCUT2D eigenvalue weighted by Gasteiger charge is 2.11. The van der Waals surface area contributed by atoms with Crippen molar-refractivity contribution in [1.82, 2.24) is 0 Å². The highest BCUT2D eigenvalue weighted by atomic mass is 19.3. The van der Waals surface area contributed by atoms with E-state index in [1.54, 1.807) is 0 Å². The van der Waals surface area contributed by atoms with E-state index in [2.05, 4.69) is 4.74 Å². The van der Waals surface area contributed by atoms with E-state index in [-0.39, 0.29) is 18.0 Å². The number of hydrogen-bond donors (Lipinski definition) is 0. The van der Waals surface area contributed by atoms with Crippen LogP contribution in [0.3, 0.4) is 0 Å². The van der Waals surface area contributed by atoms with Crippen molar-refractivity contribution in [3.63, 3.8) is 0 Å². The number of alkyl halides is 2. The van der Waals surface area contributed by atoms with E-state index in [0.717, 1.165) is 0 Å². The molecule has 0 radical (unpaired) electrons. The van der Waals surface area contributed by atoms with E-state index >= 15 is 0 Å². The van der Waals surface area contributed by atoms with Gasteiger partial charge in [-0.2, -0.15) is 14.0 Å². The van der Waals surface area contributed by atoms with Crippen molar-refractivity contribution in [3.05, 3.63) is 29.3 Å². The van der Waals surface area contributed by atoms with Gasteiger partial charge in [0, 0.05) is 12.0 Å². The summed E-state index contributed by atoms with van der Waals surface area (Å²) in [6.45, 7) is -1.61. The van der Waals surface area contributed by atoms with Crippen molar-refractivity contribution < 1.29 is 18.3 Å². The molecule has 5 heteroatoms. The van der Waals surface area contributed by atoms with Gasteiger partial charge in [-0.15, -0.1) is 0 Å². The molecular weight excluding hydrogens is 216 g/mol. The van der Waals surface area contributed by atoms with Crippen molar-refractivity contribution in [1.29, 1.82) is 5.26 Å². The van der Waals surface area contributed by atoms with Gasteiger partial charge >= 0.3 is 6.61 Å². The summed E-state index contributed by atoms with van der Waals surface area (Å²) in [5.74, 6) is -0.251. The maximum Gasteiger partial charge on any atom is 0.387 e. The molecule has 0 bridgehead atoms. The summed E-state index contributed by atoms with van der Waals surface area (Å²) < 4.78 is 28.3. The van der Waals surface area contributed by atoms with Gasteiger partial charge in [0.15, 0.2) is 0 Å². The monoisotopic (exact) mass is 225 g/mol. The maximum absolute atomic E-state index is 12.0. The second-order valence-electron chi connectivity index (χ2n) is 3.19. The van der Waals surface area contributed by atoms with E-state index in [9.17, 15) is 13.6 Å². The molecule has 0 N–H and O–H groups in total. The zero-order chi connectivity index (χ0) is 12.1. The van der Waals surface area contributed by atoms with Crippen molar-refractivity contribution in [2.24, 2.45) is 0 Å². The maximum atomic E-state index is 12.0. The highest BCUT2D eigenvalue weighted by molar-refractivity contribution is 5.79. The molecule has 0 saturated carbocycles. The van der Waals surface area contributed by atoms with Gasteiger partial charge in [0.1, 0.15) is 11.5 Å². The van der Waals surface area contributed by atoms with Gasteiger partial charge in [0.2, 0.25) is 0 Å². The summed E-state index contributed by atoms with van der Waals surface area (Å²) in [6.07, 6.45) is -0.0302. The van der Waals surface area contributed by atoms with Crippen molar-refractivity contribution in [2.45, 2.75) is 20.0 Å². The first kappa shape index (κ1) is 12.1. The second kappa shape index (κ2) is 5.21. The van der Waals surface area contributed by atoms with E-state index in [1.807, 2.05) is 6.07 Å². The van der Waals surface area contributed by atoms with Crippen molar-refractivity contribution in [2.75, 3.05) is 0 Å². The Labute approximate surface area is 91.3 Å². The fourth-order valence-electron chi connectivity index (χ4n) is 1.27. The van der Waals surface area contributed by atoms with E-state index < -0.39 is 6.61 Å². The Morgan fingerprint density at radius 2 is 2.25 bits per heavy atom. The highest BCUT2D eigenvalue weighted by Crippen LogP contribution is 2.22. The molecule has 0 saturated heterocycles. The zero-order valence-corrected chi connectivity index (χ0v) is 8.54. The molecular formula is C11H9F2NO2. The molecule has 0 amide bonds. The molecule has 0 spiro atoms. The summed E-state index contributed by atoms with van der Waals surface area (Å²) >= 11 is 0. The van der Waals surface area contributed by atoms with Crippen LogP contribution in [0.1, 0.15) is 18.1 Å². The number of nitrogens with zero attached hydrogens (tertiary/aromatic N) is 1. The van der Waals surface area contributed by atoms with Gasteiger partial charge in [-0.3, -0.25) is 4.79 Å². The SMILES string of the molecule is CC(=O)Cc1cc(C#N)ccc1OC(F)F. The molecule has 0 atom stereocenters. The fraction of sp³-hybridized carbons (Fsp3) is 0.273. The normalized spacial score (nSPS) is 9.94. The number of Topliss-reactive ketones (excluding diaryl/α,β-unsaturated/α-hetero) is 1. The topological polar surface area (TPSA) is 50.1 Å². The van der Waals surface area contributed by atoms with Crippen LogP contribution >= 0.6 is 0 Å². The average Bonchev–Trinajstić information content (AvgIpc) is 2.19. The van der Waals surface area contributed by atoms with Crippen LogP contribution in [0.2, 0.25) is 0 Å². The Morgan fingerprint density at radius 3 is 2.75 bits per heavy atom. The van der Waals surface area contributed by atoms with Crippen LogP contribution in [-0.4, -0.2) is 12.4 Å². The van der Waals surface area contributed by atoms with Crippen LogP contribution in [0.4, 0.5) is 8.78 Å². The molecule has 3 nitrogen and oxygen atoms in total. The predicted octanol–water partition coefficient (Wildman–Crippen LogP) is 2.29. The largest absolute Gasteiger partial charge is 0.435 e. The summed E-state index contributed by atoms with van der Waals surface area (Å²) in [5.41, 5.74) is 0.602. The minimum Gasteiger partial charge on any atom is -0.435 e. The number of ether oxygens (including phenoxy) is 1. The van der Waals surface area contributed by atoms with Crippen LogP contribution in [0.5, 0.6) is 5.75 Å². The fourth-order valence-corrected chi connectivity index (χ4v) is 1.27. The Kier molecular flexibility index (Phi) is 3.95. The molecule has 0 unspecified atom stereocenters. The van der Waals surface area contributed by atoms with Crippen LogP contribution < -0.4 is 4.74 Å². The van der Waals surface area contributed by atoms with E-state index in [0.29, 0.717) is 11.1 Å². The molecule has 84 valence electrons. The molecule has 0 fully saturated rings. The molecule has 0 aliphatic rings. The average molecular weight is 225 g/mol. The van der Waals surface area contributed by atoms with Gasteiger partial charge in [0.25, 0.3) is 0 Å². The predicted molar refractivity (Wildman–Crippen MR) is 52.2 cm³/mol. The first-order valence-electron chi connectivity index (χ1n) is 4.50. The molecule has 0 aliphatic carbocycles. The Morgan fingerprint density at radius 1 is 1.56 bits per heavy atom. The van der Waals surface area contributed by atoms with E-state index in [1.165, 1.54) is 25.1 Å². The molecule has 16 heavy (non-hydrogen) atoms. The van der Waals surface area contributed by atoms with Gasteiger partial charge in [-0.05, 0) is 25.1 Å². The minimum absolute atomic E-state index is 0.0302. The summed E-state index contributed by atoms with van der Waals surface area (Å²) in [6, 6.07) is 5.87. The van der Waals surface area contributed by atoms with Crippen LogP contribution in [0.25, 0.3) is 0 Å². The molecule has 0 heterocycles. The van der Waals surface area contributed by atoms with Crippen LogP contribution in [0, 0.1) is 11.3 Å². The molecule has 1 aromatic carbocycles. The van der Waals surface area contributed by atoms with Gasteiger partial charge in [-0.1, -0.05) is 0 Å². The van der Waals surface area contributed by atoms with Gasteiger partial charge in [0.05, 0.1) is 11.6 Å². The molecule has 1 rings (SSSR count). The minimum atomic E-state index is -2.95. The lowest BCUT2D eigenvalue weighted by Gasteiger charge is -2.09. The number of nitriles is 1. The molecule has 0 aliphatic heterocycles. The number of carbonyl (C=O) groups excluding carboxylic acids is 1. The third-order valence-electron chi connectivity index (χ3n) is 1.85. The Balaban J connectivity index is 3.06. The van der Waals surface area contributed by atoms with E-state index in [4.69, 9.17) is 5.26 Å². The lowest BCUT2D eigenvalue weighted by molar-refractivity contribution is -0.116. The van der Waals surface area contributed by atoms with Crippen molar-refractivity contribution >= 4 is 5.78 Å². The number of ketones is 1. The Hall–Kier alpha value is -1.96. The molecule has 1 aromatic rings. The Bertz CT molecular complexity index is 438. The lowest BCUT2D eigenvalue weighted by Crippen LogP contribution is -2.06. The zero-order valence-electron chi connectivity index (χ0n) is 8.54. The van der Waals surface area contributed by atoms with Gasteiger partial charge in [-0.25, -0.2) is 0 Å².